The molecule has 0 fully saturated rings. The number of carbonyl (C=O) groups excluding carboxylic acids is 2. The van der Waals surface area contributed by atoms with Crippen LogP contribution in [0.25, 0.3) is 0 Å². The van der Waals surface area contributed by atoms with Crippen LogP contribution in [-0.4, -0.2) is 53.8 Å². The second-order valence-electron chi connectivity index (χ2n) is 9.87. The molecule has 3 aromatic carbocycles. The number of nitrogens with zero attached hydrogens (tertiary/aromatic N) is 3. The molecule has 0 spiro atoms. The number of hydrogen-bond acceptors (Lipinski definition) is 4. The zero-order chi connectivity index (χ0) is 27.9. The van der Waals surface area contributed by atoms with Crippen molar-refractivity contribution in [2.24, 2.45) is 5.73 Å². The number of halogens is 3. The average Bonchev–Trinajstić information content (AvgIpc) is 2.94. The monoisotopic (exact) mass is 570 g/mol. The largest absolute Gasteiger partial charge is 0.336 e. The number of fused-ring (bicyclic) bond motifs is 1. The summed E-state index contributed by atoms with van der Waals surface area (Å²) in [7, 11) is 0. The predicted molar refractivity (Wildman–Crippen MR) is 154 cm³/mol. The van der Waals surface area contributed by atoms with Crippen molar-refractivity contribution in [2.75, 3.05) is 31.1 Å². The van der Waals surface area contributed by atoms with Crippen LogP contribution in [0.15, 0.2) is 66.7 Å². The van der Waals surface area contributed by atoms with Crippen molar-refractivity contribution in [1.29, 1.82) is 0 Å². The molecule has 0 bridgehead atoms. The Labute approximate surface area is 239 Å². The van der Waals surface area contributed by atoms with Crippen molar-refractivity contribution in [3.05, 3.63) is 99.3 Å². The van der Waals surface area contributed by atoms with Gasteiger partial charge in [-0.3, -0.25) is 14.5 Å². The van der Waals surface area contributed by atoms with E-state index in [0.717, 1.165) is 28.8 Å². The van der Waals surface area contributed by atoms with E-state index in [2.05, 4.69) is 4.90 Å². The third-order valence-electron chi connectivity index (χ3n) is 6.95. The minimum Gasteiger partial charge on any atom is -0.336 e. The first-order valence-corrected chi connectivity index (χ1v) is 13.8. The van der Waals surface area contributed by atoms with Crippen LogP contribution in [0.1, 0.15) is 30.0 Å². The van der Waals surface area contributed by atoms with Gasteiger partial charge in [-0.05, 0) is 59.9 Å². The van der Waals surface area contributed by atoms with Crippen LogP contribution in [-0.2, 0) is 29.1 Å². The van der Waals surface area contributed by atoms with E-state index < -0.39 is 6.04 Å². The number of anilines is 1. The summed E-state index contributed by atoms with van der Waals surface area (Å²) in [6, 6.07) is 18.6. The van der Waals surface area contributed by atoms with Crippen molar-refractivity contribution in [2.45, 2.75) is 38.9 Å². The fourth-order valence-corrected chi connectivity index (χ4v) is 5.22. The topological polar surface area (TPSA) is 69.9 Å². The lowest BCUT2D eigenvalue weighted by molar-refractivity contribution is -0.133. The number of nitrogens with two attached hydrogens (primary N) is 1. The minimum atomic E-state index is -0.783. The van der Waals surface area contributed by atoms with Crippen LogP contribution in [0.4, 0.5) is 10.1 Å². The summed E-state index contributed by atoms with van der Waals surface area (Å²) < 4.78 is 13.5. The zero-order valence-corrected chi connectivity index (χ0v) is 23.5. The minimum absolute atomic E-state index is 0.0547. The number of rotatable bonds is 5. The lowest BCUT2D eigenvalue weighted by Crippen LogP contribution is -2.47. The first kappa shape index (κ1) is 29.0. The Morgan fingerprint density at radius 1 is 0.923 bits per heavy atom. The molecule has 1 atom stereocenters. The van der Waals surface area contributed by atoms with E-state index in [9.17, 15) is 14.0 Å². The number of para-hydroxylation sites is 1. The van der Waals surface area contributed by atoms with Gasteiger partial charge in [0.05, 0.1) is 16.1 Å². The number of carbonyl (C=O) groups is 2. The number of hydrogen-bond donors (Lipinski definition) is 1. The van der Waals surface area contributed by atoms with Crippen molar-refractivity contribution in [1.82, 2.24) is 9.80 Å². The lowest BCUT2D eigenvalue weighted by Gasteiger charge is -2.30. The molecule has 39 heavy (non-hydrogen) atoms. The van der Waals surface area contributed by atoms with Crippen molar-refractivity contribution >= 4 is 40.7 Å². The highest BCUT2D eigenvalue weighted by molar-refractivity contribution is 6.42. The van der Waals surface area contributed by atoms with Crippen molar-refractivity contribution in [3.63, 3.8) is 0 Å². The molecule has 3 aromatic rings. The van der Waals surface area contributed by atoms with Gasteiger partial charge in [0.25, 0.3) is 0 Å². The summed E-state index contributed by atoms with van der Waals surface area (Å²) in [5, 5.41) is 0.860. The van der Waals surface area contributed by atoms with Crippen molar-refractivity contribution < 1.29 is 14.0 Å². The van der Waals surface area contributed by atoms with Gasteiger partial charge < -0.3 is 15.5 Å². The molecule has 6 nitrogen and oxygen atoms in total. The first-order chi connectivity index (χ1) is 18.7. The zero-order valence-electron chi connectivity index (χ0n) is 22.0. The van der Waals surface area contributed by atoms with Crippen LogP contribution in [0.2, 0.25) is 10.0 Å². The van der Waals surface area contributed by atoms with Crippen LogP contribution >= 0.6 is 23.2 Å². The summed E-state index contributed by atoms with van der Waals surface area (Å²) in [4.78, 5) is 32.1. The molecule has 0 aliphatic carbocycles. The van der Waals surface area contributed by atoms with Gasteiger partial charge in [0.2, 0.25) is 11.8 Å². The van der Waals surface area contributed by atoms with Gasteiger partial charge in [-0.2, -0.15) is 0 Å². The molecule has 0 unspecified atom stereocenters. The van der Waals surface area contributed by atoms with E-state index in [4.69, 9.17) is 28.9 Å². The van der Waals surface area contributed by atoms with Gasteiger partial charge in [-0.15, -0.1) is 0 Å². The quantitative estimate of drug-likeness (QED) is 0.452. The summed E-state index contributed by atoms with van der Waals surface area (Å²) in [6.07, 6.45) is 1.06. The summed E-state index contributed by atoms with van der Waals surface area (Å²) in [5.74, 6) is -0.522. The van der Waals surface area contributed by atoms with Gasteiger partial charge in [-0.25, -0.2) is 4.39 Å². The highest BCUT2D eigenvalue weighted by Crippen LogP contribution is 2.25. The van der Waals surface area contributed by atoms with Gasteiger partial charge in [-0.1, -0.05) is 59.6 Å². The first-order valence-electron chi connectivity index (χ1n) is 13.0. The van der Waals surface area contributed by atoms with E-state index in [1.807, 2.05) is 30.3 Å². The highest BCUT2D eigenvalue weighted by atomic mass is 35.5. The van der Waals surface area contributed by atoms with Crippen LogP contribution in [0, 0.1) is 5.82 Å². The van der Waals surface area contributed by atoms with Gasteiger partial charge in [0.15, 0.2) is 0 Å². The van der Waals surface area contributed by atoms with E-state index in [-0.39, 0.29) is 17.6 Å². The average molecular weight is 572 g/mol. The van der Waals surface area contributed by atoms with Gasteiger partial charge in [0.1, 0.15) is 5.82 Å². The highest BCUT2D eigenvalue weighted by Gasteiger charge is 2.26. The summed E-state index contributed by atoms with van der Waals surface area (Å²) in [5.41, 5.74) is 9.93. The van der Waals surface area contributed by atoms with Gasteiger partial charge in [0, 0.05) is 51.9 Å². The Hall–Kier alpha value is -2.97. The van der Waals surface area contributed by atoms with Crippen LogP contribution < -0.4 is 10.6 Å². The normalized spacial score (nSPS) is 15.8. The molecule has 0 aromatic heterocycles. The van der Waals surface area contributed by atoms with Gasteiger partial charge >= 0.3 is 0 Å². The Morgan fingerprint density at radius 2 is 1.64 bits per heavy atom. The second-order valence-corrected chi connectivity index (χ2v) is 10.7. The Morgan fingerprint density at radius 3 is 2.36 bits per heavy atom. The molecule has 1 aliphatic rings. The van der Waals surface area contributed by atoms with Crippen LogP contribution in [0.3, 0.4) is 0 Å². The molecule has 4 rings (SSSR count). The fraction of sp³-hybridized carbons (Fsp3) is 0.333. The maximum atomic E-state index is 13.7. The predicted octanol–water partition coefficient (Wildman–Crippen LogP) is 5.29. The molecule has 206 valence electrons. The van der Waals surface area contributed by atoms with E-state index in [0.29, 0.717) is 55.7 Å². The molecule has 0 saturated heterocycles. The van der Waals surface area contributed by atoms with E-state index in [1.54, 1.807) is 41.0 Å². The maximum absolute atomic E-state index is 13.7. The number of benzene rings is 3. The fourth-order valence-electron chi connectivity index (χ4n) is 4.90. The molecule has 1 heterocycles. The van der Waals surface area contributed by atoms with E-state index in [1.165, 1.54) is 12.1 Å². The second kappa shape index (κ2) is 13.4. The third kappa shape index (κ3) is 7.79. The molecule has 2 amide bonds. The third-order valence-corrected chi connectivity index (χ3v) is 7.69. The molecule has 0 radical (unpaired) electrons. The molecule has 0 saturated carbocycles. The van der Waals surface area contributed by atoms with E-state index >= 15 is 0 Å². The smallest absolute Gasteiger partial charge is 0.240 e. The Kier molecular flexibility index (Phi) is 9.97. The molecule has 2 N–H and O–H groups in total. The van der Waals surface area contributed by atoms with Crippen LogP contribution in [0.5, 0.6) is 0 Å². The molecule has 1 aliphatic heterocycles. The summed E-state index contributed by atoms with van der Waals surface area (Å²) in [6.45, 7) is 4.79. The standard InChI is InChI=1S/C30H33Cl2FN4O2/c1-21(38)37-14-4-13-35(19-22-7-10-25(33)11-8-22)15-16-36(20-24-5-2-3-6-29(24)37)30(39)28(34)18-23-9-12-26(31)27(32)17-23/h2-3,5-12,17,28H,4,13-16,18-20,34H2,1H3/t28-/m0/s1. The molecule has 9 heteroatoms. The summed E-state index contributed by atoms with van der Waals surface area (Å²) >= 11 is 12.2. The lowest BCUT2D eigenvalue weighted by atomic mass is 10.0. The maximum Gasteiger partial charge on any atom is 0.240 e. The Balaban J connectivity index is 1.60. The Bertz CT molecular complexity index is 1300. The molecular formula is C30H33Cl2FN4O2. The van der Waals surface area contributed by atoms with Crippen molar-refractivity contribution in [3.8, 4) is 0 Å². The molecular weight excluding hydrogens is 538 g/mol. The SMILES string of the molecule is CC(=O)N1CCCN(Cc2ccc(F)cc2)CCN(C(=O)[C@@H](N)Cc2ccc(Cl)c(Cl)c2)Cc2ccccc21. The number of amides is 2.